The van der Waals surface area contributed by atoms with Gasteiger partial charge in [-0.1, -0.05) is 23.7 Å². The van der Waals surface area contributed by atoms with E-state index in [-0.39, 0.29) is 12.5 Å². The van der Waals surface area contributed by atoms with Crippen molar-refractivity contribution in [3.63, 3.8) is 0 Å². The molecule has 0 saturated carbocycles. The van der Waals surface area contributed by atoms with E-state index in [1.54, 1.807) is 18.2 Å². The molecule has 0 aromatic heterocycles. The number of benzene rings is 2. The van der Waals surface area contributed by atoms with E-state index in [9.17, 15) is 4.79 Å². The van der Waals surface area contributed by atoms with Crippen molar-refractivity contribution < 1.29 is 14.3 Å². The van der Waals surface area contributed by atoms with E-state index in [1.807, 2.05) is 42.6 Å². The number of hydrogen-bond donors (Lipinski definition) is 1. The van der Waals surface area contributed by atoms with Crippen LogP contribution in [0.2, 0.25) is 5.02 Å². The maximum Gasteiger partial charge on any atom is 0.277 e. The molecule has 2 aromatic carbocycles. The fourth-order valence-corrected chi connectivity index (χ4v) is 5.57. The highest BCUT2D eigenvalue weighted by molar-refractivity contribution is 8.19. The van der Waals surface area contributed by atoms with Crippen LogP contribution in [0.3, 0.4) is 0 Å². The molecule has 28 heavy (non-hydrogen) atoms. The lowest BCUT2D eigenvalue weighted by molar-refractivity contribution is -0.123. The van der Waals surface area contributed by atoms with Crippen LogP contribution < -0.4 is 14.9 Å². The Morgan fingerprint density at radius 2 is 1.96 bits per heavy atom. The Morgan fingerprint density at radius 1 is 1.21 bits per heavy atom. The summed E-state index contributed by atoms with van der Waals surface area (Å²) in [7, 11) is 0. The van der Waals surface area contributed by atoms with Crippen molar-refractivity contribution >= 4 is 47.2 Å². The summed E-state index contributed by atoms with van der Waals surface area (Å²) in [5, 5.41) is 4.52. The van der Waals surface area contributed by atoms with Gasteiger partial charge in [-0.05, 0) is 42.8 Å². The minimum Gasteiger partial charge on any atom is -0.493 e. The minimum absolute atomic E-state index is 0.114. The summed E-state index contributed by atoms with van der Waals surface area (Å²) in [5.74, 6) is 3.34. The van der Waals surface area contributed by atoms with E-state index < -0.39 is 0 Å². The molecule has 1 N–H and O–H groups in total. The Labute approximate surface area is 178 Å². The van der Waals surface area contributed by atoms with Crippen molar-refractivity contribution in [2.75, 3.05) is 24.7 Å². The van der Waals surface area contributed by atoms with E-state index in [0.717, 1.165) is 0 Å². The number of nitrogens with one attached hydrogen (secondary N) is 1. The summed E-state index contributed by atoms with van der Waals surface area (Å²) in [4.78, 5) is 11.9. The Kier molecular flexibility index (Phi) is 7.94. The normalized spacial score (nSPS) is 14.4. The molecular weight excluding hydrogens is 416 g/mol. The zero-order chi connectivity index (χ0) is 19.8. The topological polar surface area (TPSA) is 59.9 Å². The van der Waals surface area contributed by atoms with Crippen molar-refractivity contribution in [1.82, 2.24) is 5.43 Å². The van der Waals surface area contributed by atoms with Crippen molar-refractivity contribution in [2.24, 2.45) is 5.10 Å². The van der Waals surface area contributed by atoms with Crippen LogP contribution in [0.5, 0.6) is 11.5 Å². The van der Waals surface area contributed by atoms with E-state index in [2.05, 4.69) is 22.7 Å². The second-order valence-electron chi connectivity index (χ2n) is 5.84. The van der Waals surface area contributed by atoms with Gasteiger partial charge in [-0.25, -0.2) is 5.43 Å². The molecule has 0 unspecified atom stereocenters. The molecule has 3 rings (SSSR count). The maximum absolute atomic E-state index is 11.9. The molecule has 0 aliphatic carbocycles. The fourth-order valence-electron chi connectivity index (χ4n) is 2.53. The van der Waals surface area contributed by atoms with Crippen LogP contribution in [-0.2, 0) is 4.79 Å². The lowest BCUT2D eigenvalue weighted by atomic mass is 10.2. The number of carbonyl (C=O) groups is 1. The van der Waals surface area contributed by atoms with Crippen molar-refractivity contribution in [2.45, 2.75) is 11.5 Å². The molecule has 0 radical (unpaired) electrons. The monoisotopic (exact) mass is 436 g/mol. The van der Waals surface area contributed by atoms with Gasteiger partial charge in [0.05, 0.1) is 17.4 Å². The molecule has 0 spiro atoms. The van der Waals surface area contributed by atoms with Crippen LogP contribution in [0.15, 0.2) is 47.6 Å². The molecule has 1 fully saturated rings. The van der Waals surface area contributed by atoms with Crippen LogP contribution in [0.4, 0.5) is 0 Å². The molecular formula is C20H21ClN2O3S2. The van der Waals surface area contributed by atoms with Gasteiger partial charge < -0.3 is 9.47 Å². The predicted molar refractivity (Wildman–Crippen MR) is 118 cm³/mol. The molecule has 1 heterocycles. The van der Waals surface area contributed by atoms with Gasteiger partial charge in [0.25, 0.3) is 5.91 Å². The largest absolute Gasteiger partial charge is 0.493 e. The molecule has 1 amide bonds. The Morgan fingerprint density at radius 3 is 2.68 bits per heavy atom. The smallest absolute Gasteiger partial charge is 0.277 e. The van der Waals surface area contributed by atoms with Gasteiger partial charge in [-0.2, -0.15) is 5.10 Å². The maximum atomic E-state index is 11.9. The summed E-state index contributed by atoms with van der Waals surface area (Å²) >= 11 is 9.91. The third kappa shape index (κ3) is 6.09. The second kappa shape index (κ2) is 10.6. The van der Waals surface area contributed by atoms with Crippen LogP contribution in [-0.4, -0.2) is 36.8 Å². The second-order valence-corrected chi connectivity index (χ2v) is 9.00. The molecule has 5 nitrogen and oxygen atoms in total. The van der Waals surface area contributed by atoms with Gasteiger partial charge in [0.15, 0.2) is 6.61 Å². The predicted octanol–water partition coefficient (Wildman–Crippen LogP) is 4.75. The summed E-state index contributed by atoms with van der Waals surface area (Å²) in [6.45, 7) is 2.31. The summed E-state index contributed by atoms with van der Waals surface area (Å²) < 4.78 is 11.5. The van der Waals surface area contributed by atoms with Gasteiger partial charge in [-0.3, -0.25) is 4.79 Å². The number of rotatable bonds is 8. The third-order valence-corrected chi connectivity index (χ3v) is 7.15. The zero-order valence-corrected chi connectivity index (χ0v) is 17.8. The first-order valence-electron chi connectivity index (χ1n) is 8.86. The summed E-state index contributed by atoms with van der Waals surface area (Å²) in [6, 6.07) is 13.1. The van der Waals surface area contributed by atoms with E-state index in [1.165, 1.54) is 23.3 Å². The highest BCUT2D eigenvalue weighted by atomic mass is 35.5. The van der Waals surface area contributed by atoms with Crippen molar-refractivity contribution in [3.05, 3.63) is 58.6 Å². The average Bonchev–Trinajstić information content (AvgIpc) is 3.24. The van der Waals surface area contributed by atoms with Crippen molar-refractivity contribution in [3.8, 4) is 11.5 Å². The van der Waals surface area contributed by atoms with Gasteiger partial charge >= 0.3 is 0 Å². The number of hydrazone groups is 1. The van der Waals surface area contributed by atoms with Crippen LogP contribution >= 0.6 is 35.1 Å². The number of carbonyl (C=O) groups excluding carboxylic acids is 1. The SMILES string of the molecule is CCOc1ccc(Cl)cc1/C=N/NC(=O)COc1ccc(C2SCCS2)cc1. The molecule has 2 aromatic rings. The minimum atomic E-state index is -0.345. The lowest BCUT2D eigenvalue weighted by Crippen LogP contribution is -2.24. The first kappa shape index (κ1) is 20.9. The third-order valence-electron chi connectivity index (χ3n) is 3.81. The highest BCUT2D eigenvalue weighted by Gasteiger charge is 2.17. The van der Waals surface area contributed by atoms with Crippen LogP contribution in [0, 0.1) is 0 Å². The van der Waals surface area contributed by atoms with Crippen LogP contribution in [0.1, 0.15) is 22.6 Å². The van der Waals surface area contributed by atoms with Gasteiger partial charge in [0, 0.05) is 22.1 Å². The number of thioether (sulfide) groups is 2. The van der Waals surface area contributed by atoms with E-state index in [0.29, 0.717) is 33.3 Å². The Bertz CT molecular complexity index is 825. The molecule has 148 valence electrons. The Balaban J connectivity index is 1.48. The number of hydrogen-bond acceptors (Lipinski definition) is 6. The fraction of sp³-hybridized carbons (Fsp3) is 0.300. The van der Waals surface area contributed by atoms with Gasteiger partial charge in [0.2, 0.25) is 0 Å². The number of nitrogens with zero attached hydrogens (tertiary/aromatic N) is 1. The summed E-state index contributed by atoms with van der Waals surface area (Å²) in [6.07, 6.45) is 1.50. The van der Waals surface area contributed by atoms with Crippen LogP contribution in [0.25, 0.3) is 0 Å². The molecule has 1 aliphatic rings. The van der Waals surface area contributed by atoms with Gasteiger partial charge in [-0.15, -0.1) is 23.5 Å². The molecule has 0 bridgehead atoms. The zero-order valence-electron chi connectivity index (χ0n) is 15.4. The summed E-state index contributed by atoms with van der Waals surface area (Å²) in [5.41, 5.74) is 4.41. The first-order chi connectivity index (χ1) is 13.7. The van der Waals surface area contributed by atoms with Crippen molar-refractivity contribution in [1.29, 1.82) is 0 Å². The Hall–Kier alpha value is -1.83. The number of halogens is 1. The quantitative estimate of drug-likeness (QED) is 0.478. The molecule has 1 saturated heterocycles. The van der Waals surface area contributed by atoms with E-state index >= 15 is 0 Å². The lowest BCUT2D eigenvalue weighted by Gasteiger charge is -2.10. The van der Waals surface area contributed by atoms with Gasteiger partial charge in [0.1, 0.15) is 11.5 Å². The van der Waals surface area contributed by atoms with E-state index in [4.69, 9.17) is 21.1 Å². The standard InChI is InChI=1S/C20H21ClN2O3S2/c1-2-25-18-8-5-16(21)11-15(18)12-22-23-19(24)13-26-17-6-3-14(4-7-17)20-27-9-10-28-20/h3-8,11-12,20H,2,9-10,13H2,1H3,(H,23,24)/b22-12+. The number of amides is 1. The molecule has 8 heteroatoms. The number of ether oxygens (including phenoxy) is 2. The molecule has 0 atom stereocenters. The molecule has 1 aliphatic heterocycles. The average molecular weight is 437 g/mol. The first-order valence-corrected chi connectivity index (χ1v) is 11.3. The highest BCUT2D eigenvalue weighted by Crippen LogP contribution is 2.45.